The summed E-state index contributed by atoms with van der Waals surface area (Å²) in [6, 6.07) is 9.40. The molecule has 33 heavy (non-hydrogen) atoms. The van der Waals surface area contributed by atoms with Crippen molar-refractivity contribution >= 4 is 16.7 Å². The Morgan fingerprint density at radius 2 is 1.64 bits per heavy atom. The standard InChI is InChI=1S/C25H29N3O5/c1-5-17-7-6-8-18(15-17)22-23-19(27-21(9-10-29-2)28-25(23)26)16-20(32-13-11-30-3)24(22)33-14-12-31-4/h1,6-8,15-16H,9-14H2,2-4H3,(H2,26,27,28). The second-order valence-electron chi connectivity index (χ2n) is 7.15. The van der Waals surface area contributed by atoms with Crippen molar-refractivity contribution in [3.63, 3.8) is 0 Å². The topological polar surface area (TPSA) is 98.0 Å². The number of ether oxygens (including phenoxy) is 5. The van der Waals surface area contributed by atoms with Crippen LogP contribution >= 0.6 is 0 Å². The van der Waals surface area contributed by atoms with Gasteiger partial charge < -0.3 is 29.4 Å². The molecule has 0 radical (unpaired) electrons. The number of hydrogen-bond donors (Lipinski definition) is 1. The van der Waals surface area contributed by atoms with E-state index in [1.807, 2.05) is 30.3 Å². The summed E-state index contributed by atoms with van der Waals surface area (Å²) in [7, 11) is 4.86. The average molecular weight is 452 g/mol. The number of nitrogen functional groups attached to an aromatic ring is 1. The van der Waals surface area contributed by atoms with Crippen molar-refractivity contribution in [2.75, 3.05) is 60.1 Å². The second-order valence-corrected chi connectivity index (χ2v) is 7.15. The van der Waals surface area contributed by atoms with Gasteiger partial charge in [0.2, 0.25) is 0 Å². The Hall–Kier alpha value is -3.38. The van der Waals surface area contributed by atoms with Crippen molar-refractivity contribution in [1.29, 1.82) is 0 Å². The van der Waals surface area contributed by atoms with Gasteiger partial charge in [-0.2, -0.15) is 0 Å². The molecule has 0 atom stereocenters. The number of rotatable bonds is 12. The molecule has 2 N–H and O–H groups in total. The Morgan fingerprint density at radius 3 is 2.33 bits per heavy atom. The monoisotopic (exact) mass is 451 g/mol. The third-order valence-corrected chi connectivity index (χ3v) is 4.91. The van der Waals surface area contributed by atoms with Gasteiger partial charge in [0, 0.05) is 44.9 Å². The van der Waals surface area contributed by atoms with Crippen LogP contribution in [0.2, 0.25) is 0 Å². The predicted molar refractivity (Wildman–Crippen MR) is 128 cm³/mol. The minimum atomic E-state index is 0.317. The van der Waals surface area contributed by atoms with Crippen molar-refractivity contribution in [1.82, 2.24) is 9.97 Å². The van der Waals surface area contributed by atoms with E-state index in [4.69, 9.17) is 40.8 Å². The molecule has 0 spiro atoms. The Morgan fingerprint density at radius 1 is 0.909 bits per heavy atom. The van der Waals surface area contributed by atoms with Crippen LogP contribution in [0, 0.1) is 12.3 Å². The smallest absolute Gasteiger partial charge is 0.170 e. The molecule has 174 valence electrons. The molecule has 8 nitrogen and oxygen atoms in total. The Balaban J connectivity index is 2.28. The van der Waals surface area contributed by atoms with Gasteiger partial charge in [-0.1, -0.05) is 18.1 Å². The minimum absolute atomic E-state index is 0.317. The second kappa shape index (κ2) is 12.0. The molecule has 0 bridgehead atoms. The predicted octanol–water partition coefficient (Wildman–Crippen LogP) is 3.10. The Bertz CT molecular complexity index is 1130. The third-order valence-electron chi connectivity index (χ3n) is 4.91. The fourth-order valence-electron chi connectivity index (χ4n) is 3.39. The molecule has 0 amide bonds. The first-order chi connectivity index (χ1) is 16.1. The number of terminal acetylenes is 1. The fraction of sp³-hybridized carbons (Fsp3) is 0.360. The normalized spacial score (nSPS) is 10.8. The molecule has 1 heterocycles. The molecule has 1 aromatic heterocycles. The van der Waals surface area contributed by atoms with Crippen LogP contribution in [0.15, 0.2) is 30.3 Å². The molecule has 0 aliphatic rings. The first-order valence-electron chi connectivity index (χ1n) is 10.6. The lowest BCUT2D eigenvalue weighted by atomic mass is 9.97. The van der Waals surface area contributed by atoms with E-state index < -0.39 is 0 Å². The van der Waals surface area contributed by atoms with Crippen molar-refractivity contribution in [3.8, 4) is 35.0 Å². The molecule has 3 aromatic rings. The number of aromatic nitrogens is 2. The summed E-state index contributed by atoms with van der Waals surface area (Å²) in [6.45, 7) is 1.96. The maximum absolute atomic E-state index is 6.46. The van der Waals surface area contributed by atoms with Gasteiger partial charge >= 0.3 is 0 Å². The van der Waals surface area contributed by atoms with Crippen molar-refractivity contribution in [2.24, 2.45) is 0 Å². The quantitative estimate of drug-likeness (QED) is 0.331. The van der Waals surface area contributed by atoms with Crippen LogP contribution in [-0.4, -0.2) is 64.3 Å². The Kier molecular flexibility index (Phi) is 8.84. The molecule has 0 aliphatic heterocycles. The number of hydrogen-bond acceptors (Lipinski definition) is 8. The van der Waals surface area contributed by atoms with E-state index in [1.165, 1.54) is 0 Å². The number of nitrogens with two attached hydrogens (primary N) is 1. The summed E-state index contributed by atoms with van der Waals surface area (Å²) in [4.78, 5) is 9.24. The van der Waals surface area contributed by atoms with Crippen molar-refractivity contribution in [3.05, 3.63) is 41.7 Å². The van der Waals surface area contributed by atoms with E-state index in [1.54, 1.807) is 21.3 Å². The van der Waals surface area contributed by atoms with E-state index in [9.17, 15) is 0 Å². The number of fused-ring (bicyclic) bond motifs is 1. The zero-order valence-corrected chi connectivity index (χ0v) is 19.2. The fourth-order valence-corrected chi connectivity index (χ4v) is 3.39. The van der Waals surface area contributed by atoms with Crippen LogP contribution in [0.4, 0.5) is 5.82 Å². The summed E-state index contributed by atoms with van der Waals surface area (Å²) >= 11 is 0. The molecular weight excluding hydrogens is 422 g/mol. The first kappa shape index (κ1) is 24.3. The van der Waals surface area contributed by atoms with Gasteiger partial charge in [-0.25, -0.2) is 9.97 Å². The first-order valence-corrected chi connectivity index (χ1v) is 10.6. The van der Waals surface area contributed by atoms with Crippen LogP contribution in [0.25, 0.3) is 22.0 Å². The molecule has 0 fully saturated rings. The van der Waals surface area contributed by atoms with Crippen LogP contribution < -0.4 is 15.2 Å². The van der Waals surface area contributed by atoms with Crippen LogP contribution in [0.5, 0.6) is 11.5 Å². The molecule has 0 saturated carbocycles. The molecule has 0 saturated heterocycles. The highest BCUT2D eigenvalue weighted by atomic mass is 16.5. The van der Waals surface area contributed by atoms with Crippen LogP contribution in [0.1, 0.15) is 11.4 Å². The van der Waals surface area contributed by atoms with E-state index in [2.05, 4.69) is 10.9 Å². The van der Waals surface area contributed by atoms with Crippen LogP contribution in [0.3, 0.4) is 0 Å². The Labute approximate surface area is 194 Å². The maximum Gasteiger partial charge on any atom is 0.170 e. The molecular formula is C25H29N3O5. The number of nitrogens with zero attached hydrogens (tertiary/aromatic N) is 2. The summed E-state index contributed by atoms with van der Waals surface area (Å²) < 4.78 is 27.7. The highest BCUT2D eigenvalue weighted by Gasteiger charge is 2.22. The summed E-state index contributed by atoms with van der Waals surface area (Å²) in [5.41, 5.74) is 9.36. The molecule has 8 heteroatoms. The van der Waals surface area contributed by atoms with E-state index >= 15 is 0 Å². The lowest BCUT2D eigenvalue weighted by molar-refractivity contribution is 0.132. The molecule has 3 rings (SSSR count). The maximum atomic E-state index is 6.46. The van der Waals surface area contributed by atoms with Gasteiger partial charge in [0.15, 0.2) is 11.5 Å². The lowest BCUT2D eigenvalue weighted by Crippen LogP contribution is -2.11. The van der Waals surface area contributed by atoms with Gasteiger partial charge in [0.25, 0.3) is 0 Å². The van der Waals surface area contributed by atoms with E-state index in [0.29, 0.717) is 79.1 Å². The molecule has 0 aliphatic carbocycles. The SMILES string of the molecule is C#Cc1cccc(-c2c(OCCOC)c(OCCOC)cc3nc(CCOC)nc(N)c23)c1. The van der Waals surface area contributed by atoms with Gasteiger partial charge in [-0.05, 0) is 17.7 Å². The number of anilines is 1. The van der Waals surface area contributed by atoms with Crippen LogP contribution in [-0.2, 0) is 20.6 Å². The largest absolute Gasteiger partial charge is 0.487 e. The van der Waals surface area contributed by atoms with Gasteiger partial charge in [0.05, 0.1) is 30.7 Å². The lowest BCUT2D eigenvalue weighted by Gasteiger charge is -2.20. The molecule has 0 unspecified atom stereocenters. The number of benzene rings is 2. The summed E-state index contributed by atoms with van der Waals surface area (Å²) in [5, 5.41) is 0.664. The van der Waals surface area contributed by atoms with Gasteiger partial charge in [0.1, 0.15) is 24.9 Å². The van der Waals surface area contributed by atoms with Gasteiger partial charge in [-0.15, -0.1) is 6.42 Å². The van der Waals surface area contributed by atoms with Gasteiger partial charge in [-0.3, -0.25) is 0 Å². The zero-order chi connectivity index (χ0) is 23.6. The molecule has 2 aromatic carbocycles. The zero-order valence-electron chi connectivity index (χ0n) is 19.2. The highest BCUT2D eigenvalue weighted by molar-refractivity contribution is 6.05. The average Bonchev–Trinajstić information content (AvgIpc) is 2.83. The van der Waals surface area contributed by atoms with E-state index in [-0.39, 0.29) is 0 Å². The van der Waals surface area contributed by atoms with E-state index in [0.717, 1.165) is 11.1 Å². The van der Waals surface area contributed by atoms with Crippen molar-refractivity contribution < 1.29 is 23.7 Å². The van der Waals surface area contributed by atoms with Crippen molar-refractivity contribution in [2.45, 2.75) is 6.42 Å². The summed E-state index contributed by atoms with van der Waals surface area (Å²) in [5.74, 6) is 4.64. The summed E-state index contributed by atoms with van der Waals surface area (Å²) in [6.07, 6.45) is 6.19. The highest BCUT2D eigenvalue weighted by Crippen LogP contribution is 2.45. The third kappa shape index (κ3) is 5.90. The minimum Gasteiger partial charge on any atom is -0.487 e. The number of methoxy groups -OCH3 is 3.